The Kier molecular flexibility index (Phi) is 2.93. The molecule has 0 saturated heterocycles. The maximum absolute atomic E-state index is 12.2. The van der Waals surface area contributed by atoms with Crippen LogP contribution in [0.4, 0.5) is 5.69 Å². The molecule has 1 amide bonds. The van der Waals surface area contributed by atoms with Crippen molar-refractivity contribution < 1.29 is 4.79 Å². The third kappa shape index (κ3) is 2.18. The van der Waals surface area contributed by atoms with Gasteiger partial charge in [-0.15, -0.1) is 11.3 Å². The summed E-state index contributed by atoms with van der Waals surface area (Å²) in [6.45, 7) is 2.93. The van der Waals surface area contributed by atoms with E-state index >= 15 is 0 Å². The molecule has 0 aliphatic heterocycles. The summed E-state index contributed by atoms with van der Waals surface area (Å²) in [4.78, 5) is 17.9. The third-order valence-electron chi connectivity index (χ3n) is 4.04. The lowest BCUT2D eigenvalue weighted by atomic mass is 10.0. The Labute approximate surface area is 116 Å². The standard InChI is InChI=1S/C14H17N3OS/c1-2-14(5-6-14)8-17-12(18)11-10(15)9-4-3-7-16-13(9)19-11/h3-4,7H,2,5-6,8,15H2,1H3,(H,17,18). The first-order valence-corrected chi connectivity index (χ1v) is 7.38. The molecule has 0 spiro atoms. The second-order valence-electron chi connectivity index (χ2n) is 5.24. The molecule has 1 fully saturated rings. The van der Waals surface area contributed by atoms with E-state index in [1.54, 1.807) is 6.20 Å². The fourth-order valence-corrected chi connectivity index (χ4v) is 3.28. The van der Waals surface area contributed by atoms with Gasteiger partial charge in [-0.25, -0.2) is 4.98 Å². The fourth-order valence-electron chi connectivity index (χ4n) is 2.30. The van der Waals surface area contributed by atoms with Crippen molar-refractivity contribution >= 4 is 33.1 Å². The predicted octanol–water partition coefficient (Wildman–Crippen LogP) is 2.80. The highest BCUT2D eigenvalue weighted by Crippen LogP contribution is 2.48. The van der Waals surface area contributed by atoms with Gasteiger partial charge in [0.1, 0.15) is 9.71 Å². The van der Waals surface area contributed by atoms with Gasteiger partial charge in [0.2, 0.25) is 0 Å². The number of fused-ring (bicyclic) bond motifs is 1. The summed E-state index contributed by atoms with van der Waals surface area (Å²) in [5, 5.41) is 3.89. The zero-order chi connectivity index (χ0) is 13.5. The van der Waals surface area contributed by atoms with Gasteiger partial charge in [0.05, 0.1) is 5.69 Å². The largest absolute Gasteiger partial charge is 0.397 e. The lowest BCUT2D eigenvalue weighted by molar-refractivity contribution is 0.0949. The van der Waals surface area contributed by atoms with Gasteiger partial charge in [0, 0.05) is 18.1 Å². The molecule has 1 saturated carbocycles. The van der Waals surface area contributed by atoms with Crippen LogP contribution >= 0.6 is 11.3 Å². The summed E-state index contributed by atoms with van der Waals surface area (Å²) in [6, 6.07) is 3.74. The predicted molar refractivity (Wildman–Crippen MR) is 78.3 cm³/mol. The van der Waals surface area contributed by atoms with Crippen molar-refractivity contribution in [3.8, 4) is 0 Å². The lowest BCUT2D eigenvalue weighted by Gasteiger charge is -2.12. The van der Waals surface area contributed by atoms with Crippen LogP contribution in [0.25, 0.3) is 10.2 Å². The first-order chi connectivity index (χ1) is 9.15. The normalized spacial score (nSPS) is 16.5. The molecule has 3 rings (SSSR count). The maximum Gasteiger partial charge on any atom is 0.263 e. The first kappa shape index (κ1) is 12.4. The smallest absolute Gasteiger partial charge is 0.263 e. The quantitative estimate of drug-likeness (QED) is 0.901. The average molecular weight is 275 g/mol. The molecule has 1 aliphatic carbocycles. The van der Waals surface area contributed by atoms with Crippen LogP contribution in [0.1, 0.15) is 35.9 Å². The number of nitrogens with two attached hydrogens (primary N) is 1. The van der Waals surface area contributed by atoms with Gasteiger partial charge in [-0.1, -0.05) is 6.92 Å². The number of hydrogen-bond acceptors (Lipinski definition) is 4. The number of nitrogen functional groups attached to an aromatic ring is 1. The number of nitrogens with zero attached hydrogens (tertiary/aromatic N) is 1. The Balaban J connectivity index is 1.80. The Morgan fingerprint density at radius 2 is 2.37 bits per heavy atom. The maximum atomic E-state index is 12.2. The van der Waals surface area contributed by atoms with Crippen molar-refractivity contribution in [1.29, 1.82) is 0 Å². The van der Waals surface area contributed by atoms with Gasteiger partial charge in [0.25, 0.3) is 5.91 Å². The first-order valence-electron chi connectivity index (χ1n) is 6.56. The van der Waals surface area contributed by atoms with E-state index in [1.165, 1.54) is 24.2 Å². The minimum absolute atomic E-state index is 0.0692. The van der Waals surface area contributed by atoms with Crippen LogP contribution in [-0.2, 0) is 0 Å². The molecule has 0 aromatic carbocycles. The van der Waals surface area contributed by atoms with Crippen molar-refractivity contribution in [3.63, 3.8) is 0 Å². The Morgan fingerprint density at radius 1 is 1.58 bits per heavy atom. The monoisotopic (exact) mass is 275 g/mol. The number of rotatable bonds is 4. The number of aromatic nitrogens is 1. The van der Waals surface area contributed by atoms with Gasteiger partial charge >= 0.3 is 0 Å². The summed E-state index contributed by atoms with van der Waals surface area (Å²) in [7, 11) is 0. The number of thiophene rings is 1. The summed E-state index contributed by atoms with van der Waals surface area (Å²) in [6.07, 6.45) is 5.27. The van der Waals surface area contributed by atoms with Crippen LogP contribution < -0.4 is 11.1 Å². The van der Waals surface area contributed by atoms with E-state index in [0.717, 1.165) is 23.2 Å². The molecule has 0 bridgehead atoms. The number of nitrogens with one attached hydrogen (secondary N) is 1. The molecule has 2 aromatic rings. The number of pyridine rings is 1. The van der Waals surface area contributed by atoms with Crippen molar-refractivity contribution in [1.82, 2.24) is 10.3 Å². The van der Waals surface area contributed by atoms with Crippen molar-refractivity contribution in [2.24, 2.45) is 5.41 Å². The van der Waals surface area contributed by atoms with Crippen LogP contribution in [-0.4, -0.2) is 17.4 Å². The Morgan fingerprint density at radius 3 is 3.00 bits per heavy atom. The number of anilines is 1. The second kappa shape index (κ2) is 4.49. The van der Waals surface area contributed by atoms with E-state index in [-0.39, 0.29) is 5.91 Å². The molecule has 5 heteroatoms. The van der Waals surface area contributed by atoms with Crippen LogP contribution in [0, 0.1) is 5.41 Å². The number of carbonyl (C=O) groups is 1. The van der Waals surface area contributed by atoms with Crippen LogP contribution in [0.5, 0.6) is 0 Å². The average Bonchev–Trinajstić information content (AvgIpc) is 3.15. The zero-order valence-corrected chi connectivity index (χ0v) is 11.7. The minimum atomic E-state index is -0.0692. The van der Waals surface area contributed by atoms with Gasteiger partial charge < -0.3 is 11.1 Å². The number of amides is 1. The van der Waals surface area contributed by atoms with E-state index in [1.807, 2.05) is 12.1 Å². The zero-order valence-electron chi connectivity index (χ0n) is 10.9. The van der Waals surface area contributed by atoms with Crippen molar-refractivity contribution in [2.75, 3.05) is 12.3 Å². The fraction of sp³-hybridized carbons (Fsp3) is 0.429. The molecule has 2 aromatic heterocycles. The third-order valence-corrected chi connectivity index (χ3v) is 5.17. The van der Waals surface area contributed by atoms with Gasteiger partial charge in [-0.3, -0.25) is 4.79 Å². The van der Waals surface area contributed by atoms with Gasteiger partial charge in [-0.2, -0.15) is 0 Å². The highest BCUT2D eigenvalue weighted by molar-refractivity contribution is 7.21. The molecule has 3 N–H and O–H groups in total. The molecule has 4 nitrogen and oxygen atoms in total. The number of carbonyl (C=O) groups excluding carboxylic acids is 1. The van der Waals surface area contributed by atoms with Crippen molar-refractivity contribution in [3.05, 3.63) is 23.2 Å². The van der Waals surface area contributed by atoms with Crippen molar-refractivity contribution in [2.45, 2.75) is 26.2 Å². The molecule has 0 unspecified atom stereocenters. The summed E-state index contributed by atoms with van der Waals surface area (Å²) in [5.41, 5.74) is 6.93. The van der Waals surface area contributed by atoms with E-state index in [4.69, 9.17) is 5.73 Å². The minimum Gasteiger partial charge on any atom is -0.397 e. The molecule has 100 valence electrons. The molecule has 19 heavy (non-hydrogen) atoms. The van der Waals surface area contributed by atoms with Crippen LogP contribution in [0.3, 0.4) is 0 Å². The highest BCUT2D eigenvalue weighted by Gasteiger charge is 2.40. The lowest BCUT2D eigenvalue weighted by Crippen LogP contribution is -2.29. The van der Waals surface area contributed by atoms with Crippen LogP contribution in [0.15, 0.2) is 18.3 Å². The molecule has 2 heterocycles. The van der Waals surface area contributed by atoms with Crippen LogP contribution in [0.2, 0.25) is 0 Å². The second-order valence-corrected chi connectivity index (χ2v) is 6.24. The van der Waals surface area contributed by atoms with E-state index in [0.29, 0.717) is 16.0 Å². The van der Waals surface area contributed by atoms with E-state index in [2.05, 4.69) is 17.2 Å². The molecule has 0 atom stereocenters. The highest BCUT2D eigenvalue weighted by atomic mass is 32.1. The molecule has 0 radical (unpaired) electrons. The van der Waals surface area contributed by atoms with E-state index in [9.17, 15) is 4.79 Å². The summed E-state index contributed by atoms with van der Waals surface area (Å²) >= 11 is 1.36. The van der Waals surface area contributed by atoms with Gasteiger partial charge in [0.15, 0.2) is 0 Å². The SMILES string of the molecule is CCC1(CNC(=O)c2sc3ncccc3c2N)CC1. The van der Waals surface area contributed by atoms with Gasteiger partial charge in [-0.05, 0) is 36.8 Å². The topological polar surface area (TPSA) is 68.0 Å². The summed E-state index contributed by atoms with van der Waals surface area (Å²) < 4.78 is 0. The summed E-state index contributed by atoms with van der Waals surface area (Å²) in [5.74, 6) is -0.0692. The molecular formula is C14H17N3OS. The van der Waals surface area contributed by atoms with E-state index < -0.39 is 0 Å². The Hall–Kier alpha value is -1.62. The number of hydrogen-bond donors (Lipinski definition) is 2. The Bertz CT molecular complexity index is 631. The molecule has 1 aliphatic rings. The molecular weight excluding hydrogens is 258 g/mol.